The van der Waals surface area contributed by atoms with Crippen LogP contribution in [-0.4, -0.2) is 18.3 Å². The van der Waals surface area contributed by atoms with Gasteiger partial charge in [-0.15, -0.1) is 0 Å². The molecular weight excluding hydrogens is 208 g/mol. The van der Waals surface area contributed by atoms with E-state index in [-0.39, 0.29) is 11.5 Å². The molecule has 0 aliphatic carbocycles. The van der Waals surface area contributed by atoms with Gasteiger partial charge in [-0.05, 0) is 20.3 Å². The van der Waals surface area contributed by atoms with Gasteiger partial charge in [0.15, 0.2) is 0 Å². The zero-order valence-corrected chi connectivity index (χ0v) is 10.1. The maximum Gasteiger partial charge on any atom is 0.342 e. The first-order chi connectivity index (χ1) is 7.45. The Morgan fingerprint density at radius 3 is 2.62 bits per heavy atom. The second-order valence-corrected chi connectivity index (χ2v) is 4.12. The Morgan fingerprint density at radius 2 is 2.12 bits per heavy atom. The Hall–Kier alpha value is -1.29. The molecule has 0 fully saturated rings. The van der Waals surface area contributed by atoms with Gasteiger partial charge >= 0.3 is 5.63 Å². The van der Waals surface area contributed by atoms with Crippen molar-refractivity contribution in [3.8, 4) is 5.75 Å². The largest absolute Gasteiger partial charge is 0.496 e. The van der Waals surface area contributed by atoms with E-state index >= 15 is 0 Å². The summed E-state index contributed by atoms with van der Waals surface area (Å²) in [6.45, 7) is 5.27. The first-order valence-corrected chi connectivity index (χ1v) is 5.32. The van der Waals surface area contributed by atoms with Crippen molar-refractivity contribution in [2.45, 2.75) is 39.2 Å². The Balaban J connectivity index is 3.06. The lowest BCUT2D eigenvalue weighted by molar-refractivity contribution is 0.171. The Labute approximate surface area is 94.9 Å². The van der Waals surface area contributed by atoms with E-state index in [0.29, 0.717) is 23.5 Å². The van der Waals surface area contributed by atoms with Crippen molar-refractivity contribution in [3.63, 3.8) is 0 Å². The van der Waals surface area contributed by atoms with Gasteiger partial charge in [-0.3, -0.25) is 0 Å². The van der Waals surface area contributed by atoms with E-state index in [1.807, 2.05) is 6.92 Å². The fraction of sp³-hybridized carbons (Fsp3) is 0.583. The fourth-order valence-corrected chi connectivity index (χ4v) is 1.63. The number of hydrogen-bond donors (Lipinski definition) is 1. The van der Waals surface area contributed by atoms with Crippen molar-refractivity contribution in [2.75, 3.05) is 7.11 Å². The monoisotopic (exact) mass is 226 g/mol. The standard InChI is InChI=1S/C12H18O4/c1-7(5-8(2)13)10-6-11(15-4)9(3)12(14)16-10/h6-8,13H,5H2,1-4H3/t7-,8?/m1/s1. The zero-order valence-electron chi connectivity index (χ0n) is 10.1. The van der Waals surface area contributed by atoms with Crippen molar-refractivity contribution in [2.24, 2.45) is 0 Å². The van der Waals surface area contributed by atoms with Gasteiger partial charge in [-0.2, -0.15) is 0 Å². The van der Waals surface area contributed by atoms with Gasteiger partial charge in [-0.25, -0.2) is 4.79 Å². The summed E-state index contributed by atoms with van der Waals surface area (Å²) in [5, 5.41) is 9.28. The van der Waals surface area contributed by atoms with Gasteiger partial charge in [0, 0.05) is 12.0 Å². The summed E-state index contributed by atoms with van der Waals surface area (Å²) in [7, 11) is 1.52. The highest BCUT2D eigenvalue weighted by Crippen LogP contribution is 2.24. The average molecular weight is 226 g/mol. The molecule has 0 aromatic carbocycles. The van der Waals surface area contributed by atoms with Crippen LogP contribution in [0.25, 0.3) is 0 Å². The maximum absolute atomic E-state index is 11.5. The van der Waals surface area contributed by atoms with E-state index in [1.165, 1.54) is 7.11 Å². The summed E-state index contributed by atoms with van der Waals surface area (Å²) >= 11 is 0. The summed E-state index contributed by atoms with van der Waals surface area (Å²) in [5.74, 6) is 1.07. The molecule has 1 unspecified atom stereocenters. The molecule has 1 N–H and O–H groups in total. The highest BCUT2D eigenvalue weighted by atomic mass is 16.5. The van der Waals surface area contributed by atoms with Gasteiger partial charge in [0.05, 0.1) is 18.8 Å². The summed E-state index contributed by atoms with van der Waals surface area (Å²) < 4.78 is 10.3. The predicted molar refractivity (Wildman–Crippen MR) is 61.0 cm³/mol. The molecule has 1 rings (SSSR count). The first kappa shape index (κ1) is 12.8. The van der Waals surface area contributed by atoms with Gasteiger partial charge in [0.2, 0.25) is 0 Å². The molecule has 0 amide bonds. The Kier molecular flexibility index (Phi) is 4.12. The smallest absolute Gasteiger partial charge is 0.342 e. The van der Waals surface area contributed by atoms with E-state index in [2.05, 4.69) is 0 Å². The van der Waals surface area contributed by atoms with Gasteiger partial charge < -0.3 is 14.3 Å². The molecule has 0 saturated carbocycles. The fourth-order valence-electron chi connectivity index (χ4n) is 1.63. The summed E-state index contributed by atoms with van der Waals surface area (Å²) in [6, 6.07) is 1.71. The maximum atomic E-state index is 11.5. The molecule has 0 bridgehead atoms. The predicted octanol–water partition coefficient (Wildman–Crippen LogP) is 1.83. The second kappa shape index (κ2) is 5.16. The van der Waals surface area contributed by atoms with Crippen LogP contribution in [0.4, 0.5) is 0 Å². The summed E-state index contributed by atoms with van der Waals surface area (Å²) in [6.07, 6.45) is 0.127. The quantitative estimate of drug-likeness (QED) is 0.850. The van der Waals surface area contributed by atoms with Crippen molar-refractivity contribution in [3.05, 3.63) is 27.8 Å². The number of aliphatic hydroxyl groups excluding tert-OH is 1. The van der Waals surface area contributed by atoms with Crippen LogP contribution in [0.2, 0.25) is 0 Å². The average Bonchev–Trinajstić information content (AvgIpc) is 2.20. The van der Waals surface area contributed by atoms with Crippen molar-refractivity contribution >= 4 is 0 Å². The third-order valence-electron chi connectivity index (χ3n) is 2.56. The molecule has 1 aromatic heterocycles. The number of rotatable bonds is 4. The van der Waals surface area contributed by atoms with Crippen molar-refractivity contribution < 1.29 is 14.3 Å². The van der Waals surface area contributed by atoms with E-state index in [9.17, 15) is 9.90 Å². The van der Waals surface area contributed by atoms with Crippen LogP contribution >= 0.6 is 0 Å². The molecule has 2 atom stereocenters. The third-order valence-corrected chi connectivity index (χ3v) is 2.56. The zero-order chi connectivity index (χ0) is 12.3. The van der Waals surface area contributed by atoms with Gasteiger partial charge in [-0.1, -0.05) is 6.92 Å². The highest BCUT2D eigenvalue weighted by molar-refractivity contribution is 5.31. The van der Waals surface area contributed by atoms with Crippen LogP contribution in [0.15, 0.2) is 15.3 Å². The van der Waals surface area contributed by atoms with Crippen LogP contribution < -0.4 is 10.4 Å². The topological polar surface area (TPSA) is 59.7 Å². The molecule has 0 saturated heterocycles. The van der Waals surface area contributed by atoms with E-state index in [1.54, 1.807) is 19.9 Å². The Morgan fingerprint density at radius 1 is 1.50 bits per heavy atom. The molecular formula is C12H18O4. The van der Waals surface area contributed by atoms with Crippen LogP contribution in [0.5, 0.6) is 5.75 Å². The first-order valence-electron chi connectivity index (χ1n) is 5.32. The molecule has 4 heteroatoms. The number of methoxy groups -OCH3 is 1. The van der Waals surface area contributed by atoms with Gasteiger partial charge in [0.1, 0.15) is 11.5 Å². The molecule has 90 valence electrons. The lowest BCUT2D eigenvalue weighted by Crippen LogP contribution is -2.11. The molecule has 0 aliphatic rings. The second-order valence-electron chi connectivity index (χ2n) is 4.12. The van der Waals surface area contributed by atoms with Crippen LogP contribution in [0.3, 0.4) is 0 Å². The molecule has 0 radical (unpaired) electrons. The minimum atomic E-state index is -0.424. The van der Waals surface area contributed by atoms with Crippen molar-refractivity contribution in [1.82, 2.24) is 0 Å². The van der Waals surface area contributed by atoms with Crippen LogP contribution in [-0.2, 0) is 0 Å². The lowest BCUT2D eigenvalue weighted by Gasteiger charge is -2.13. The molecule has 1 aromatic rings. The third kappa shape index (κ3) is 2.85. The van der Waals surface area contributed by atoms with Crippen LogP contribution in [0, 0.1) is 6.92 Å². The molecule has 0 aliphatic heterocycles. The van der Waals surface area contributed by atoms with Crippen molar-refractivity contribution in [1.29, 1.82) is 0 Å². The molecule has 16 heavy (non-hydrogen) atoms. The summed E-state index contributed by atoms with van der Waals surface area (Å²) in [5.41, 5.74) is 0.0855. The van der Waals surface area contributed by atoms with E-state index in [0.717, 1.165) is 0 Å². The van der Waals surface area contributed by atoms with Crippen LogP contribution in [0.1, 0.15) is 37.5 Å². The lowest BCUT2D eigenvalue weighted by atomic mass is 10.0. The molecule has 0 spiro atoms. The highest BCUT2D eigenvalue weighted by Gasteiger charge is 2.15. The minimum Gasteiger partial charge on any atom is -0.496 e. The normalized spacial score (nSPS) is 14.6. The number of aliphatic hydroxyl groups is 1. The Bertz CT molecular complexity index is 406. The van der Waals surface area contributed by atoms with Gasteiger partial charge in [0.25, 0.3) is 0 Å². The molecule has 4 nitrogen and oxygen atoms in total. The SMILES string of the molecule is COc1cc([C@H](C)CC(C)O)oc(=O)c1C. The number of hydrogen-bond acceptors (Lipinski definition) is 4. The number of ether oxygens (including phenoxy) is 1. The van der Waals surface area contributed by atoms with E-state index in [4.69, 9.17) is 9.15 Å². The minimum absolute atomic E-state index is 0.0119. The summed E-state index contributed by atoms with van der Waals surface area (Å²) in [4.78, 5) is 11.5. The molecule has 1 heterocycles. The van der Waals surface area contributed by atoms with E-state index < -0.39 is 6.10 Å².